The number of benzene rings is 4. The van der Waals surface area contributed by atoms with Crippen LogP contribution in [0.1, 0.15) is 38.5 Å². The number of nitrogens with one attached hydrogen (secondary N) is 1. The molecule has 0 aromatic heterocycles. The van der Waals surface area contributed by atoms with E-state index in [4.69, 9.17) is 9.73 Å². The minimum absolute atomic E-state index is 0.177. The zero-order chi connectivity index (χ0) is 26.5. The number of anilines is 1. The van der Waals surface area contributed by atoms with Crippen LogP contribution in [-0.2, 0) is 22.6 Å². The Morgan fingerprint density at radius 2 is 1.47 bits per heavy atom. The number of carbonyl (C=O) groups excluding carboxylic acids is 2. The molecule has 6 heteroatoms. The van der Waals surface area contributed by atoms with Gasteiger partial charge in [-0.3, -0.25) is 14.7 Å². The fourth-order valence-electron chi connectivity index (χ4n) is 4.76. The molecule has 4 aromatic carbocycles. The van der Waals surface area contributed by atoms with Crippen molar-refractivity contribution in [3.8, 4) is 0 Å². The number of carbonyl (C=O) groups is 2. The lowest BCUT2D eigenvalue weighted by atomic mass is 9.90. The van der Waals surface area contributed by atoms with Gasteiger partial charge in [-0.05, 0) is 53.6 Å². The highest BCUT2D eigenvalue weighted by atomic mass is 16.5. The molecule has 1 atom stereocenters. The average Bonchev–Trinajstić information content (AvgIpc) is 3.27. The maximum atomic E-state index is 13.2. The number of hydrogen-bond acceptors (Lipinski definition) is 5. The summed E-state index contributed by atoms with van der Waals surface area (Å²) in [6.45, 7) is 1.68. The lowest BCUT2D eigenvalue weighted by Gasteiger charge is -2.17. The Bertz CT molecular complexity index is 1470. The quantitative estimate of drug-likeness (QED) is 0.238. The summed E-state index contributed by atoms with van der Waals surface area (Å²) in [4.78, 5) is 32.4. The van der Waals surface area contributed by atoms with Gasteiger partial charge < -0.3 is 10.1 Å². The molecule has 0 saturated carbocycles. The van der Waals surface area contributed by atoms with E-state index in [1.807, 2.05) is 48.5 Å². The van der Waals surface area contributed by atoms with Crippen molar-refractivity contribution in [2.24, 2.45) is 4.99 Å². The molecule has 38 heavy (non-hydrogen) atoms. The van der Waals surface area contributed by atoms with Gasteiger partial charge in [-0.15, -0.1) is 0 Å². The first-order valence-electron chi connectivity index (χ1n) is 12.5. The van der Waals surface area contributed by atoms with Crippen LogP contribution in [0, 0.1) is 0 Å². The second kappa shape index (κ2) is 11.2. The minimum atomic E-state index is -0.601. The lowest BCUT2D eigenvalue weighted by molar-refractivity contribution is -0.115. The lowest BCUT2D eigenvalue weighted by Crippen LogP contribution is -2.22. The largest absolute Gasteiger partial charge is 0.465 e. The molecule has 1 amide bonds. The van der Waals surface area contributed by atoms with Gasteiger partial charge in [0.25, 0.3) is 0 Å². The molecule has 190 valence electrons. The highest BCUT2D eigenvalue weighted by molar-refractivity contribution is 6.24. The molecule has 1 unspecified atom stereocenters. The van der Waals surface area contributed by atoms with Gasteiger partial charge in [-0.2, -0.15) is 0 Å². The van der Waals surface area contributed by atoms with Gasteiger partial charge in [0.05, 0.1) is 24.1 Å². The van der Waals surface area contributed by atoms with Crippen molar-refractivity contribution in [3.05, 3.63) is 131 Å². The number of amides is 1. The highest BCUT2D eigenvalue weighted by Crippen LogP contribution is 2.37. The van der Waals surface area contributed by atoms with Gasteiger partial charge in [0.1, 0.15) is 5.92 Å². The van der Waals surface area contributed by atoms with Crippen molar-refractivity contribution < 1.29 is 14.3 Å². The molecule has 0 radical (unpaired) electrons. The van der Waals surface area contributed by atoms with Crippen molar-refractivity contribution >= 4 is 29.0 Å². The zero-order valence-electron chi connectivity index (χ0n) is 21.4. The number of fused-ring (bicyclic) bond motifs is 1. The SMILES string of the molecule is COC(=O)c1ccc2c(c1)NC(=O)C2C(=Nc1ccc(CN(C)Cc2ccccc2)cc1)c1ccccc1. The predicted molar refractivity (Wildman–Crippen MR) is 150 cm³/mol. The number of aliphatic imine (C=N–C) groups is 1. The van der Waals surface area contributed by atoms with Crippen LogP contribution in [0.2, 0.25) is 0 Å². The number of methoxy groups -OCH3 is 1. The summed E-state index contributed by atoms with van der Waals surface area (Å²) in [6, 6.07) is 33.4. The molecule has 0 saturated heterocycles. The van der Waals surface area contributed by atoms with E-state index < -0.39 is 11.9 Å². The first kappa shape index (κ1) is 25.1. The number of nitrogens with zero attached hydrogens (tertiary/aromatic N) is 2. The van der Waals surface area contributed by atoms with Gasteiger partial charge >= 0.3 is 5.97 Å². The maximum absolute atomic E-state index is 13.2. The predicted octanol–water partition coefficient (Wildman–Crippen LogP) is 5.96. The molecule has 0 spiro atoms. The van der Waals surface area contributed by atoms with E-state index in [1.54, 1.807) is 18.2 Å². The third-order valence-corrected chi connectivity index (χ3v) is 6.58. The Morgan fingerprint density at radius 3 is 2.13 bits per heavy atom. The normalized spacial score (nSPS) is 14.8. The van der Waals surface area contributed by atoms with Gasteiger partial charge in [-0.25, -0.2) is 4.79 Å². The van der Waals surface area contributed by atoms with Crippen LogP contribution in [0.15, 0.2) is 108 Å². The molecular weight excluding hydrogens is 474 g/mol. The first-order chi connectivity index (χ1) is 18.5. The Kier molecular flexibility index (Phi) is 7.43. The highest BCUT2D eigenvalue weighted by Gasteiger charge is 2.36. The molecule has 1 heterocycles. The maximum Gasteiger partial charge on any atom is 0.337 e. The van der Waals surface area contributed by atoms with Gasteiger partial charge in [0.15, 0.2) is 0 Å². The van der Waals surface area contributed by atoms with Crippen molar-refractivity contribution in [1.82, 2.24) is 4.90 Å². The smallest absolute Gasteiger partial charge is 0.337 e. The molecule has 0 bridgehead atoms. The van der Waals surface area contributed by atoms with Gasteiger partial charge in [0.2, 0.25) is 5.91 Å². The van der Waals surface area contributed by atoms with E-state index in [2.05, 4.69) is 53.7 Å². The third-order valence-electron chi connectivity index (χ3n) is 6.58. The van der Waals surface area contributed by atoms with E-state index in [9.17, 15) is 9.59 Å². The molecule has 0 aliphatic carbocycles. The summed E-state index contributed by atoms with van der Waals surface area (Å²) in [5.41, 5.74) is 6.52. The van der Waals surface area contributed by atoms with Crippen LogP contribution in [0.4, 0.5) is 11.4 Å². The summed E-state index contributed by atoms with van der Waals surface area (Å²) in [5.74, 6) is -1.23. The van der Waals surface area contributed by atoms with Crippen molar-refractivity contribution in [2.75, 3.05) is 19.5 Å². The van der Waals surface area contributed by atoms with E-state index in [0.717, 1.165) is 29.9 Å². The number of hydrogen-bond donors (Lipinski definition) is 1. The molecule has 1 aliphatic rings. The number of rotatable bonds is 8. The van der Waals surface area contributed by atoms with Crippen molar-refractivity contribution in [3.63, 3.8) is 0 Å². The van der Waals surface area contributed by atoms with Gasteiger partial charge in [-0.1, -0.05) is 78.9 Å². The Morgan fingerprint density at radius 1 is 0.842 bits per heavy atom. The zero-order valence-corrected chi connectivity index (χ0v) is 21.4. The molecular formula is C32H29N3O3. The van der Waals surface area contributed by atoms with Crippen LogP contribution in [0.3, 0.4) is 0 Å². The van der Waals surface area contributed by atoms with E-state index in [1.165, 1.54) is 18.2 Å². The second-order valence-electron chi connectivity index (χ2n) is 9.40. The molecule has 6 nitrogen and oxygen atoms in total. The number of esters is 1. The standard InChI is InChI=1S/C32H29N3O3/c1-35(20-22-9-5-3-6-10-22)21-23-13-16-26(17-14-23)33-30(24-11-7-4-8-12-24)29-27-18-15-25(32(37)38-2)19-28(27)34-31(29)36/h3-19,29H,20-21H2,1-2H3,(H,34,36). The Hall–Kier alpha value is -4.55. The van der Waals surface area contributed by atoms with Crippen molar-refractivity contribution in [1.29, 1.82) is 0 Å². The molecule has 4 aromatic rings. The van der Waals surface area contributed by atoms with Crippen molar-refractivity contribution in [2.45, 2.75) is 19.0 Å². The topological polar surface area (TPSA) is 71.0 Å². The van der Waals surface area contributed by atoms with Gasteiger partial charge in [0, 0.05) is 18.8 Å². The Balaban J connectivity index is 1.42. The summed E-state index contributed by atoms with van der Waals surface area (Å²) < 4.78 is 4.83. The first-order valence-corrected chi connectivity index (χ1v) is 12.5. The number of ether oxygens (including phenoxy) is 1. The van der Waals surface area contributed by atoms with E-state index in [0.29, 0.717) is 17.0 Å². The third kappa shape index (κ3) is 5.56. The van der Waals surface area contributed by atoms with Crippen LogP contribution in [-0.4, -0.2) is 36.6 Å². The Labute approximate surface area is 222 Å². The van der Waals surface area contributed by atoms with Crippen LogP contribution in [0.5, 0.6) is 0 Å². The minimum Gasteiger partial charge on any atom is -0.465 e. The summed E-state index contributed by atoms with van der Waals surface area (Å²) in [7, 11) is 3.44. The van der Waals surface area contributed by atoms with Crippen LogP contribution in [0.25, 0.3) is 0 Å². The fraction of sp³-hybridized carbons (Fsp3) is 0.156. The molecule has 0 fully saturated rings. The molecule has 1 N–H and O–H groups in total. The monoisotopic (exact) mass is 503 g/mol. The summed E-state index contributed by atoms with van der Waals surface area (Å²) in [5, 5.41) is 2.92. The summed E-state index contributed by atoms with van der Waals surface area (Å²) in [6.07, 6.45) is 0. The molecule has 1 aliphatic heterocycles. The van der Waals surface area contributed by atoms with E-state index in [-0.39, 0.29) is 5.91 Å². The summed E-state index contributed by atoms with van der Waals surface area (Å²) >= 11 is 0. The van der Waals surface area contributed by atoms with Crippen LogP contribution < -0.4 is 5.32 Å². The molecule has 5 rings (SSSR count). The van der Waals surface area contributed by atoms with E-state index >= 15 is 0 Å². The van der Waals surface area contributed by atoms with Crippen LogP contribution >= 0.6 is 0 Å². The fourth-order valence-corrected chi connectivity index (χ4v) is 4.76. The second-order valence-corrected chi connectivity index (χ2v) is 9.40. The average molecular weight is 504 g/mol.